The third kappa shape index (κ3) is 3.77. The number of rotatable bonds is 3. The molecule has 6 nitrogen and oxygen atoms in total. The first-order valence-electron chi connectivity index (χ1n) is 9.91. The Morgan fingerprint density at radius 2 is 1.72 bits per heavy atom. The molecule has 1 fully saturated rings. The first-order chi connectivity index (χ1) is 15.4. The van der Waals surface area contributed by atoms with E-state index in [2.05, 4.69) is 15.3 Å². The van der Waals surface area contributed by atoms with Crippen molar-refractivity contribution in [1.29, 1.82) is 0 Å². The average Bonchev–Trinajstić information content (AvgIpc) is 3.22. The zero-order valence-corrected chi connectivity index (χ0v) is 16.6. The van der Waals surface area contributed by atoms with Gasteiger partial charge in [0.1, 0.15) is 17.7 Å². The molecule has 10 heteroatoms. The van der Waals surface area contributed by atoms with E-state index >= 15 is 0 Å². The number of aromatic nitrogens is 4. The lowest BCUT2D eigenvalue weighted by Crippen LogP contribution is -2.39. The molecule has 32 heavy (non-hydrogen) atoms. The molecule has 0 N–H and O–H groups in total. The summed E-state index contributed by atoms with van der Waals surface area (Å²) in [5, 5.41) is 12.7. The molecule has 0 radical (unpaired) electrons. The molecule has 1 unspecified atom stereocenters. The summed E-state index contributed by atoms with van der Waals surface area (Å²) < 4.78 is 60.1. The Balaban J connectivity index is 1.43. The molecule has 5 rings (SSSR count). The first-order valence-corrected chi connectivity index (χ1v) is 9.91. The van der Waals surface area contributed by atoms with Gasteiger partial charge in [0.05, 0.1) is 17.7 Å². The Labute approximate surface area is 180 Å². The Kier molecular flexibility index (Phi) is 5.01. The Bertz CT molecular complexity index is 1260. The fourth-order valence-corrected chi connectivity index (χ4v) is 3.70. The van der Waals surface area contributed by atoms with Crippen molar-refractivity contribution in [2.45, 2.75) is 12.3 Å². The summed E-state index contributed by atoms with van der Waals surface area (Å²) in [6.45, 7) is 1.33. The van der Waals surface area contributed by atoms with Crippen LogP contribution >= 0.6 is 0 Å². The van der Waals surface area contributed by atoms with Crippen LogP contribution in [-0.2, 0) is 10.9 Å². The molecule has 0 bridgehead atoms. The summed E-state index contributed by atoms with van der Waals surface area (Å²) >= 11 is 0. The number of nitrogens with zero attached hydrogens (tertiary/aromatic N) is 5. The minimum atomic E-state index is -4.38. The smallest absolute Gasteiger partial charge is 0.370 e. The number of fused-ring (bicyclic) bond motifs is 1. The van der Waals surface area contributed by atoms with Crippen LogP contribution in [0.4, 0.5) is 23.4 Å². The van der Waals surface area contributed by atoms with Gasteiger partial charge in [-0.1, -0.05) is 24.3 Å². The van der Waals surface area contributed by atoms with E-state index in [0.29, 0.717) is 36.7 Å². The fraction of sp³-hybridized carbons (Fsp3) is 0.227. The van der Waals surface area contributed by atoms with E-state index in [-0.39, 0.29) is 11.4 Å². The van der Waals surface area contributed by atoms with Gasteiger partial charge in [0, 0.05) is 13.1 Å². The van der Waals surface area contributed by atoms with Crippen molar-refractivity contribution in [2.24, 2.45) is 0 Å². The number of alkyl halides is 3. The van der Waals surface area contributed by atoms with Crippen molar-refractivity contribution >= 4 is 11.5 Å². The summed E-state index contributed by atoms with van der Waals surface area (Å²) in [5.41, 5.74) is 0.711. The number of benzene rings is 2. The quantitative estimate of drug-likeness (QED) is 0.436. The van der Waals surface area contributed by atoms with Crippen LogP contribution in [0.3, 0.4) is 0 Å². The zero-order chi connectivity index (χ0) is 22.3. The summed E-state index contributed by atoms with van der Waals surface area (Å²) in [7, 11) is 0. The highest BCUT2D eigenvalue weighted by Crippen LogP contribution is 2.32. The predicted molar refractivity (Wildman–Crippen MR) is 109 cm³/mol. The SMILES string of the molecule is Fc1ccccc1-c1nnc2ccc(N3CCOC(c4ccc(C(F)(F)F)cc4)C3)nn12. The summed E-state index contributed by atoms with van der Waals surface area (Å²) in [6, 6.07) is 14.8. The van der Waals surface area contributed by atoms with Crippen molar-refractivity contribution < 1.29 is 22.3 Å². The molecule has 0 spiro atoms. The lowest BCUT2D eigenvalue weighted by Gasteiger charge is -2.34. The minimum absolute atomic E-state index is 0.285. The van der Waals surface area contributed by atoms with Gasteiger partial charge in [-0.3, -0.25) is 0 Å². The zero-order valence-electron chi connectivity index (χ0n) is 16.6. The molecule has 0 saturated carbocycles. The summed E-state index contributed by atoms with van der Waals surface area (Å²) in [6.07, 6.45) is -4.79. The molecule has 1 aliphatic rings. The Morgan fingerprint density at radius 3 is 2.47 bits per heavy atom. The monoisotopic (exact) mass is 443 g/mol. The van der Waals surface area contributed by atoms with E-state index < -0.39 is 23.7 Å². The lowest BCUT2D eigenvalue weighted by atomic mass is 10.1. The van der Waals surface area contributed by atoms with Crippen LogP contribution in [0.2, 0.25) is 0 Å². The van der Waals surface area contributed by atoms with Crippen LogP contribution < -0.4 is 4.90 Å². The average molecular weight is 443 g/mol. The summed E-state index contributed by atoms with van der Waals surface area (Å²) in [5.74, 6) is 0.463. The number of ether oxygens (including phenoxy) is 1. The Morgan fingerprint density at radius 1 is 0.938 bits per heavy atom. The van der Waals surface area contributed by atoms with Crippen LogP contribution in [0.5, 0.6) is 0 Å². The predicted octanol–water partition coefficient (Wildman–Crippen LogP) is 4.53. The van der Waals surface area contributed by atoms with Gasteiger partial charge >= 0.3 is 6.18 Å². The van der Waals surface area contributed by atoms with Crippen molar-refractivity contribution in [2.75, 3.05) is 24.6 Å². The molecule has 2 aromatic carbocycles. The highest BCUT2D eigenvalue weighted by Gasteiger charge is 2.31. The maximum atomic E-state index is 14.3. The number of hydrogen-bond acceptors (Lipinski definition) is 5. The first kappa shape index (κ1) is 20.4. The normalized spacial score (nSPS) is 17.1. The molecule has 1 atom stereocenters. The van der Waals surface area contributed by atoms with E-state index in [4.69, 9.17) is 4.74 Å². The molecule has 164 valence electrons. The second-order valence-corrected chi connectivity index (χ2v) is 7.39. The molecule has 1 aliphatic heterocycles. The topological polar surface area (TPSA) is 55.5 Å². The Hall–Kier alpha value is -3.53. The van der Waals surface area contributed by atoms with Gasteiger partial charge in [-0.15, -0.1) is 15.3 Å². The van der Waals surface area contributed by atoms with Gasteiger partial charge in [0.2, 0.25) is 0 Å². The van der Waals surface area contributed by atoms with Crippen molar-refractivity contribution in [3.63, 3.8) is 0 Å². The van der Waals surface area contributed by atoms with Crippen LogP contribution in [0.15, 0.2) is 60.7 Å². The van der Waals surface area contributed by atoms with Gasteiger partial charge in [0.25, 0.3) is 0 Å². The van der Waals surface area contributed by atoms with Crippen molar-refractivity contribution in [3.05, 3.63) is 77.6 Å². The number of hydrogen-bond donors (Lipinski definition) is 0. The minimum Gasteiger partial charge on any atom is -0.370 e. The van der Waals surface area contributed by atoms with Crippen LogP contribution in [0, 0.1) is 5.82 Å². The summed E-state index contributed by atoms with van der Waals surface area (Å²) in [4.78, 5) is 1.97. The van der Waals surface area contributed by atoms with Gasteiger partial charge in [0.15, 0.2) is 11.5 Å². The molecule has 3 heterocycles. The second-order valence-electron chi connectivity index (χ2n) is 7.39. The van der Waals surface area contributed by atoms with E-state index in [9.17, 15) is 17.6 Å². The third-order valence-electron chi connectivity index (χ3n) is 5.36. The van der Waals surface area contributed by atoms with Crippen molar-refractivity contribution in [1.82, 2.24) is 19.8 Å². The molecular weight excluding hydrogens is 426 g/mol. The van der Waals surface area contributed by atoms with Gasteiger partial charge < -0.3 is 9.64 Å². The highest BCUT2D eigenvalue weighted by atomic mass is 19.4. The van der Waals surface area contributed by atoms with E-state index in [0.717, 1.165) is 12.1 Å². The largest absolute Gasteiger partial charge is 0.416 e. The molecule has 0 amide bonds. The van der Waals surface area contributed by atoms with Gasteiger partial charge in [-0.25, -0.2) is 4.39 Å². The lowest BCUT2D eigenvalue weighted by molar-refractivity contribution is -0.137. The van der Waals surface area contributed by atoms with Crippen LogP contribution in [0.25, 0.3) is 17.0 Å². The second kappa shape index (κ2) is 7.86. The maximum absolute atomic E-state index is 14.3. The molecule has 2 aromatic heterocycles. The van der Waals surface area contributed by atoms with E-state index in [1.54, 1.807) is 30.3 Å². The number of morpholine rings is 1. The molecule has 1 saturated heterocycles. The molecular formula is C22H17F4N5O. The molecule has 4 aromatic rings. The highest BCUT2D eigenvalue weighted by molar-refractivity contribution is 5.60. The van der Waals surface area contributed by atoms with Crippen LogP contribution in [-0.4, -0.2) is 39.5 Å². The van der Waals surface area contributed by atoms with Gasteiger partial charge in [-0.2, -0.15) is 17.7 Å². The molecule has 0 aliphatic carbocycles. The number of halogens is 4. The van der Waals surface area contributed by atoms with Gasteiger partial charge in [-0.05, 0) is 42.0 Å². The fourth-order valence-electron chi connectivity index (χ4n) is 3.70. The third-order valence-corrected chi connectivity index (χ3v) is 5.36. The maximum Gasteiger partial charge on any atom is 0.416 e. The van der Waals surface area contributed by atoms with Crippen LogP contribution in [0.1, 0.15) is 17.2 Å². The van der Waals surface area contributed by atoms with E-state index in [1.807, 2.05) is 4.90 Å². The number of anilines is 1. The van der Waals surface area contributed by atoms with Crippen molar-refractivity contribution in [3.8, 4) is 11.4 Å². The van der Waals surface area contributed by atoms with E-state index in [1.165, 1.54) is 22.7 Å². The standard InChI is InChI=1S/C22H17F4N5O/c23-17-4-2-1-3-16(17)21-28-27-19-9-10-20(29-31(19)21)30-11-12-32-18(13-30)14-5-7-15(8-6-14)22(24,25)26/h1-10,18H,11-13H2.